The third-order valence-corrected chi connectivity index (χ3v) is 3.31. The quantitative estimate of drug-likeness (QED) is 0.766. The minimum Gasteiger partial charge on any atom is -0.441 e. The van der Waals surface area contributed by atoms with Gasteiger partial charge in [-0.05, 0) is 37.3 Å². The lowest BCUT2D eigenvalue weighted by Gasteiger charge is -2.17. The van der Waals surface area contributed by atoms with Gasteiger partial charge in [-0.25, -0.2) is 13.8 Å². The Bertz CT molecular complexity index is 778. The van der Waals surface area contributed by atoms with Gasteiger partial charge in [0, 0.05) is 18.2 Å². The maximum atomic E-state index is 13.8. The van der Waals surface area contributed by atoms with E-state index in [1.165, 1.54) is 18.2 Å². The molecule has 3 nitrogen and oxygen atoms in total. The Morgan fingerprint density at radius 2 is 1.86 bits per heavy atom. The zero-order valence-electron chi connectivity index (χ0n) is 11.7. The molecule has 1 atom stereocenters. The van der Waals surface area contributed by atoms with Gasteiger partial charge < -0.3 is 9.73 Å². The molecule has 1 unspecified atom stereocenters. The maximum Gasteiger partial charge on any atom is 0.192 e. The summed E-state index contributed by atoms with van der Waals surface area (Å²) in [7, 11) is 0. The van der Waals surface area contributed by atoms with Crippen molar-refractivity contribution in [2.24, 2.45) is 0 Å². The molecule has 21 heavy (non-hydrogen) atoms. The second kappa shape index (κ2) is 5.16. The fourth-order valence-electron chi connectivity index (χ4n) is 2.38. The molecule has 2 aromatic carbocycles. The Hall–Kier alpha value is -2.43. The Labute approximate surface area is 120 Å². The van der Waals surface area contributed by atoms with E-state index >= 15 is 0 Å². The molecule has 0 spiro atoms. The van der Waals surface area contributed by atoms with Gasteiger partial charge in [0.05, 0.1) is 6.04 Å². The van der Waals surface area contributed by atoms with Gasteiger partial charge in [-0.2, -0.15) is 0 Å². The fraction of sp³-hybridized carbons (Fsp3) is 0.188. The van der Waals surface area contributed by atoms with Crippen LogP contribution in [0.5, 0.6) is 0 Å². The largest absolute Gasteiger partial charge is 0.441 e. The number of fused-ring (bicyclic) bond motifs is 1. The van der Waals surface area contributed by atoms with E-state index in [2.05, 4.69) is 10.3 Å². The second-order valence-corrected chi connectivity index (χ2v) is 4.92. The molecule has 3 rings (SSSR count). The second-order valence-electron chi connectivity index (χ2n) is 4.92. The number of nitrogens with one attached hydrogen (secondary N) is 1. The zero-order valence-corrected chi connectivity index (χ0v) is 11.7. The lowest BCUT2D eigenvalue weighted by Crippen LogP contribution is -2.10. The summed E-state index contributed by atoms with van der Waals surface area (Å²) in [6.07, 6.45) is 0. The molecule has 5 heteroatoms. The third-order valence-electron chi connectivity index (χ3n) is 3.31. The van der Waals surface area contributed by atoms with Crippen LogP contribution in [-0.2, 0) is 0 Å². The standard InChI is InChI=1S/C16H14F2N2O/c1-9(16-12(17)4-3-5-13(16)18)19-11-6-7-15-14(8-11)20-10(2)21-15/h3-9,19H,1-2H3. The molecule has 0 amide bonds. The number of aryl methyl sites for hydroxylation is 1. The van der Waals surface area contributed by atoms with Crippen LogP contribution in [0.2, 0.25) is 0 Å². The molecule has 0 aliphatic rings. The van der Waals surface area contributed by atoms with Crippen molar-refractivity contribution >= 4 is 16.8 Å². The molecule has 0 fully saturated rings. The predicted octanol–water partition coefficient (Wildman–Crippen LogP) is 4.59. The van der Waals surface area contributed by atoms with Crippen LogP contribution in [-0.4, -0.2) is 4.98 Å². The number of rotatable bonds is 3. The Balaban J connectivity index is 1.90. The summed E-state index contributed by atoms with van der Waals surface area (Å²) in [6.45, 7) is 3.48. The first-order chi connectivity index (χ1) is 10.0. The van der Waals surface area contributed by atoms with Crippen molar-refractivity contribution in [3.05, 3.63) is 59.5 Å². The highest BCUT2D eigenvalue weighted by Gasteiger charge is 2.16. The van der Waals surface area contributed by atoms with Crippen molar-refractivity contribution in [1.82, 2.24) is 4.98 Å². The van der Waals surface area contributed by atoms with E-state index in [9.17, 15) is 8.78 Å². The first-order valence-corrected chi connectivity index (χ1v) is 6.62. The number of nitrogens with zero attached hydrogens (tertiary/aromatic N) is 1. The van der Waals surface area contributed by atoms with Crippen molar-refractivity contribution in [2.75, 3.05) is 5.32 Å². The molecule has 0 bridgehead atoms. The van der Waals surface area contributed by atoms with Crippen LogP contribution in [0.25, 0.3) is 11.1 Å². The van der Waals surface area contributed by atoms with Crippen LogP contribution in [0.1, 0.15) is 24.4 Å². The molecule has 0 aliphatic carbocycles. The average Bonchev–Trinajstić information content (AvgIpc) is 2.77. The Kier molecular flexibility index (Phi) is 3.33. The Morgan fingerprint density at radius 1 is 1.14 bits per heavy atom. The van der Waals surface area contributed by atoms with E-state index in [4.69, 9.17) is 4.42 Å². The molecular formula is C16H14F2N2O. The van der Waals surface area contributed by atoms with Crippen molar-refractivity contribution < 1.29 is 13.2 Å². The first kappa shape index (κ1) is 13.5. The zero-order chi connectivity index (χ0) is 15.0. The van der Waals surface area contributed by atoms with Crippen LogP contribution >= 0.6 is 0 Å². The number of anilines is 1. The van der Waals surface area contributed by atoms with E-state index in [-0.39, 0.29) is 5.56 Å². The third kappa shape index (κ3) is 2.59. The van der Waals surface area contributed by atoms with E-state index in [0.29, 0.717) is 17.0 Å². The normalized spacial score (nSPS) is 12.6. The van der Waals surface area contributed by atoms with Crippen LogP contribution in [0.4, 0.5) is 14.5 Å². The molecule has 1 N–H and O–H groups in total. The molecule has 0 radical (unpaired) electrons. The SMILES string of the molecule is Cc1nc2cc(NC(C)c3c(F)cccc3F)ccc2o1. The van der Waals surface area contributed by atoms with Crippen molar-refractivity contribution in [3.63, 3.8) is 0 Å². The number of hydrogen-bond donors (Lipinski definition) is 1. The van der Waals surface area contributed by atoms with Crippen molar-refractivity contribution in [3.8, 4) is 0 Å². The van der Waals surface area contributed by atoms with Gasteiger partial charge in [0.25, 0.3) is 0 Å². The maximum absolute atomic E-state index is 13.8. The summed E-state index contributed by atoms with van der Waals surface area (Å²) < 4.78 is 32.9. The van der Waals surface area contributed by atoms with Gasteiger partial charge >= 0.3 is 0 Å². The van der Waals surface area contributed by atoms with Crippen LogP contribution in [0.15, 0.2) is 40.8 Å². The number of oxazole rings is 1. The highest BCUT2D eigenvalue weighted by atomic mass is 19.1. The summed E-state index contributed by atoms with van der Waals surface area (Å²) in [4.78, 5) is 4.23. The van der Waals surface area contributed by atoms with Gasteiger partial charge in [-0.3, -0.25) is 0 Å². The summed E-state index contributed by atoms with van der Waals surface area (Å²) in [5, 5.41) is 3.08. The van der Waals surface area contributed by atoms with Gasteiger partial charge in [0.15, 0.2) is 11.5 Å². The van der Waals surface area contributed by atoms with Crippen molar-refractivity contribution in [1.29, 1.82) is 0 Å². The molecule has 1 heterocycles. The van der Waals surface area contributed by atoms with Gasteiger partial charge in [-0.15, -0.1) is 0 Å². The predicted molar refractivity (Wildman–Crippen MR) is 77.1 cm³/mol. The van der Waals surface area contributed by atoms with Crippen LogP contribution in [0.3, 0.4) is 0 Å². The lowest BCUT2D eigenvalue weighted by molar-refractivity contribution is 0.544. The number of aromatic nitrogens is 1. The summed E-state index contributed by atoms with van der Waals surface area (Å²) in [5.74, 6) is -0.544. The minimum atomic E-state index is -0.562. The molecule has 1 aromatic heterocycles. The molecule has 0 saturated heterocycles. The molecule has 0 aliphatic heterocycles. The van der Waals surface area contributed by atoms with Gasteiger partial charge in [0.2, 0.25) is 0 Å². The van der Waals surface area contributed by atoms with Crippen molar-refractivity contribution in [2.45, 2.75) is 19.9 Å². The van der Waals surface area contributed by atoms with E-state index in [1.807, 2.05) is 0 Å². The summed E-state index contributed by atoms with van der Waals surface area (Å²) in [6, 6.07) is 8.72. The van der Waals surface area contributed by atoms with Gasteiger partial charge in [-0.1, -0.05) is 6.07 Å². The Morgan fingerprint density at radius 3 is 2.57 bits per heavy atom. The summed E-state index contributed by atoms with van der Waals surface area (Å²) in [5.41, 5.74) is 2.14. The monoisotopic (exact) mass is 288 g/mol. The number of hydrogen-bond acceptors (Lipinski definition) is 3. The smallest absolute Gasteiger partial charge is 0.192 e. The lowest BCUT2D eigenvalue weighted by atomic mass is 10.1. The highest BCUT2D eigenvalue weighted by Crippen LogP contribution is 2.26. The molecular weight excluding hydrogens is 274 g/mol. The summed E-state index contributed by atoms with van der Waals surface area (Å²) >= 11 is 0. The van der Waals surface area contributed by atoms with E-state index in [0.717, 1.165) is 5.69 Å². The molecule has 3 aromatic rings. The molecule has 0 saturated carbocycles. The topological polar surface area (TPSA) is 38.1 Å². The minimum absolute atomic E-state index is 0.0222. The highest BCUT2D eigenvalue weighted by molar-refractivity contribution is 5.77. The van der Waals surface area contributed by atoms with Crippen LogP contribution < -0.4 is 5.32 Å². The average molecular weight is 288 g/mol. The number of benzene rings is 2. The van der Waals surface area contributed by atoms with E-state index in [1.54, 1.807) is 32.0 Å². The first-order valence-electron chi connectivity index (χ1n) is 6.62. The van der Waals surface area contributed by atoms with Gasteiger partial charge in [0.1, 0.15) is 17.2 Å². The number of halogens is 2. The van der Waals surface area contributed by atoms with E-state index < -0.39 is 17.7 Å². The molecule has 108 valence electrons. The fourth-order valence-corrected chi connectivity index (χ4v) is 2.38. The van der Waals surface area contributed by atoms with Crippen LogP contribution in [0, 0.1) is 18.6 Å².